The first kappa shape index (κ1) is 31.1. The maximum absolute atomic E-state index is 13.0. The average Bonchev–Trinajstić information content (AvgIpc) is 3.73. The molecule has 3 heterocycles. The first-order chi connectivity index (χ1) is 20.9. The van der Waals surface area contributed by atoms with E-state index >= 15 is 0 Å². The van der Waals surface area contributed by atoms with Crippen molar-refractivity contribution in [1.29, 1.82) is 0 Å². The van der Waals surface area contributed by atoms with E-state index < -0.39 is 0 Å². The summed E-state index contributed by atoms with van der Waals surface area (Å²) in [6, 6.07) is 12.5. The van der Waals surface area contributed by atoms with Gasteiger partial charge in [-0.1, -0.05) is 49.6 Å². The van der Waals surface area contributed by atoms with Crippen molar-refractivity contribution in [3.63, 3.8) is 0 Å². The third-order valence-electron chi connectivity index (χ3n) is 6.65. The van der Waals surface area contributed by atoms with Crippen molar-refractivity contribution in [1.82, 2.24) is 35.5 Å². The zero-order valence-electron chi connectivity index (χ0n) is 23.9. The molecule has 5 rings (SSSR count). The Bertz CT molecular complexity index is 1560. The summed E-state index contributed by atoms with van der Waals surface area (Å²) in [5.74, 6) is 0.222. The van der Waals surface area contributed by atoms with Gasteiger partial charge in [0.15, 0.2) is 0 Å². The molecule has 4 aromatic rings. The fourth-order valence-electron chi connectivity index (χ4n) is 4.45. The Hall–Kier alpha value is -4.84. The molecule has 0 aliphatic carbocycles. The van der Waals surface area contributed by atoms with Crippen molar-refractivity contribution >= 4 is 41.1 Å². The summed E-state index contributed by atoms with van der Waals surface area (Å²) in [6.45, 7) is 1.76. The van der Waals surface area contributed by atoms with Crippen molar-refractivity contribution in [2.75, 3.05) is 12.4 Å². The highest BCUT2D eigenvalue weighted by Crippen LogP contribution is 2.29. The molecule has 0 saturated heterocycles. The molecule has 43 heavy (non-hydrogen) atoms. The summed E-state index contributed by atoms with van der Waals surface area (Å²) in [7, 11) is 1.38. The quantitative estimate of drug-likeness (QED) is 0.211. The van der Waals surface area contributed by atoms with Crippen LogP contribution in [0, 0.1) is 0 Å². The summed E-state index contributed by atoms with van der Waals surface area (Å²) >= 11 is 6.18. The molecule has 0 saturated carbocycles. The zero-order chi connectivity index (χ0) is 30.6. The number of tetrazole rings is 1. The normalized spacial score (nSPS) is 15.0. The summed E-state index contributed by atoms with van der Waals surface area (Å²) in [4.78, 5) is 43.3. The van der Waals surface area contributed by atoms with Crippen molar-refractivity contribution < 1.29 is 19.1 Å². The molecule has 2 aromatic carbocycles. The molecular formula is C30H33ClN8O4. The van der Waals surface area contributed by atoms with Gasteiger partial charge in [0.2, 0.25) is 11.8 Å². The first-order valence-electron chi connectivity index (χ1n) is 13.9. The Labute approximate surface area is 253 Å². The summed E-state index contributed by atoms with van der Waals surface area (Å²) in [5.41, 5.74) is 3.72. The molecule has 0 unspecified atom stereocenters. The number of aromatic amines is 1. The number of rotatable bonds is 5. The van der Waals surface area contributed by atoms with Crippen LogP contribution in [0.25, 0.3) is 23.0 Å². The molecule has 0 spiro atoms. The lowest BCUT2D eigenvalue weighted by Gasteiger charge is -2.16. The van der Waals surface area contributed by atoms with Crippen LogP contribution >= 0.6 is 11.6 Å². The number of esters is 1. The van der Waals surface area contributed by atoms with Crippen LogP contribution in [0.2, 0.25) is 5.02 Å². The minimum atomic E-state index is -0.319. The van der Waals surface area contributed by atoms with E-state index in [1.54, 1.807) is 37.4 Å². The SMILES string of the molecule is CCC(=O)OC.O=C(/C=C/c1cc(Cl)ccc1-n1cnnn1)N[C@H]1CCCCCC(=O)Nc2ccccc2-c2cnc1[nH]2. The number of hydrogen-bond donors (Lipinski definition) is 3. The standard InChI is InChI=1S/C26H25ClN8O2.C4H8O2/c27-18-11-12-23(35-16-29-33-34-35)17(14-18)10-13-25(37)31-21-8-2-1-3-9-24(36)30-20-7-5-4-6-19(20)22-15-28-26(21)32-22;1-3-4(5)6-2/h4-7,10-16,21H,1-3,8-9H2,(H,28,32)(H,30,36)(H,31,37);3H2,1-2H3/b13-10+;/t21-;/m0./s1. The largest absolute Gasteiger partial charge is 0.469 e. The van der Waals surface area contributed by atoms with Crippen LogP contribution in [-0.2, 0) is 19.1 Å². The van der Waals surface area contributed by atoms with Gasteiger partial charge >= 0.3 is 5.97 Å². The Kier molecular flexibility index (Phi) is 11.1. The second kappa shape index (κ2) is 15.4. The van der Waals surface area contributed by atoms with Crippen LogP contribution in [0.4, 0.5) is 5.69 Å². The number of benzene rings is 2. The van der Waals surface area contributed by atoms with Crippen LogP contribution < -0.4 is 10.6 Å². The lowest BCUT2D eigenvalue weighted by molar-refractivity contribution is -0.140. The molecule has 3 N–H and O–H groups in total. The second-order valence-corrected chi connectivity index (χ2v) is 10.1. The molecule has 1 atom stereocenters. The molecule has 13 heteroatoms. The van der Waals surface area contributed by atoms with Gasteiger partial charge in [0.05, 0.1) is 36.4 Å². The molecule has 2 amide bonds. The van der Waals surface area contributed by atoms with Crippen molar-refractivity contribution in [3.8, 4) is 16.9 Å². The second-order valence-electron chi connectivity index (χ2n) is 9.66. The smallest absolute Gasteiger partial charge is 0.305 e. The van der Waals surface area contributed by atoms with Gasteiger partial charge in [-0.3, -0.25) is 14.4 Å². The summed E-state index contributed by atoms with van der Waals surface area (Å²) in [5, 5.41) is 17.9. The Morgan fingerprint density at radius 3 is 2.77 bits per heavy atom. The van der Waals surface area contributed by atoms with E-state index in [2.05, 4.69) is 40.9 Å². The summed E-state index contributed by atoms with van der Waals surface area (Å²) in [6.07, 6.45) is 10.4. The number of aromatic nitrogens is 6. The van der Waals surface area contributed by atoms with E-state index in [-0.39, 0.29) is 23.8 Å². The number of H-pyrrole nitrogens is 1. The number of carbonyl (C=O) groups is 3. The third kappa shape index (κ3) is 8.82. The number of anilines is 1. The van der Waals surface area contributed by atoms with Gasteiger partial charge in [-0.25, -0.2) is 4.98 Å². The number of nitrogens with one attached hydrogen (secondary N) is 3. The van der Waals surface area contributed by atoms with Crippen LogP contribution in [0.15, 0.2) is 61.1 Å². The zero-order valence-corrected chi connectivity index (χ0v) is 24.7. The average molecular weight is 605 g/mol. The van der Waals surface area contributed by atoms with Crippen LogP contribution in [0.5, 0.6) is 0 Å². The fourth-order valence-corrected chi connectivity index (χ4v) is 4.63. The van der Waals surface area contributed by atoms with E-state index in [1.165, 1.54) is 24.2 Å². The van der Waals surface area contributed by atoms with Crippen LogP contribution in [0.1, 0.15) is 62.9 Å². The van der Waals surface area contributed by atoms with Crippen molar-refractivity contribution in [2.45, 2.75) is 51.5 Å². The number of halogens is 1. The van der Waals surface area contributed by atoms with E-state index in [4.69, 9.17) is 11.6 Å². The van der Waals surface area contributed by atoms with E-state index in [0.29, 0.717) is 41.4 Å². The number of para-hydroxylation sites is 1. The molecule has 2 bridgehead atoms. The third-order valence-corrected chi connectivity index (χ3v) is 6.88. The number of amides is 2. The predicted molar refractivity (Wildman–Crippen MR) is 162 cm³/mol. The van der Waals surface area contributed by atoms with Gasteiger partial charge in [0.25, 0.3) is 0 Å². The highest BCUT2D eigenvalue weighted by atomic mass is 35.5. The number of fused-ring (bicyclic) bond motifs is 4. The maximum Gasteiger partial charge on any atom is 0.305 e. The number of imidazole rings is 1. The van der Waals surface area contributed by atoms with Crippen LogP contribution in [-0.4, -0.2) is 55.1 Å². The molecule has 224 valence electrons. The van der Waals surface area contributed by atoms with Gasteiger partial charge in [0, 0.05) is 35.1 Å². The number of methoxy groups -OCH3 is 1. The van der Waals surface area contributed by atoms with Crippen molar-refractivity contribution in [2.24, 2.45) is 0 Å². The topological polar surface area (TPSA) is 157 Å². The Morgan fingerprint density at radius 1 is 1.19 bits per heavy atom. The lowest BCUT2D eigenvalue weighted by atomic mass is 10.1. The number of hydrogen-bond acceptors (Lipinski definition) is 8. The molecule has 0 radical (unpaired) electrons. The van der Waals surface area contributed by atoms with E-state index in [1.807, 2.05) is 24.3 Å². The van der Waals surface area contributed by atoms with Gasteiger partial charge in [-0.2, -0.15) is 4.68 Å². The minimum absolute atomic E-state index is 0.0107. The molecular weight excluding hydrogens is 572 g/mol. The number of carbonyl (C=O) groups excluding carboxylic acids is 3. The molecule has 1 aliphatic heterocycles. The minimum Gasteiger partial charge on any atom is -0.469 e. The highest BCUT2D eigenvalue weighted by molar-refractivity contribution is 6.30. The maximum atomic E-state index is 13.0. The Balaban J connectivity index is 0.000000641. The highest BCUT2D eigenvalue weighted by Gasteiger charge is 2.19. The summed E-state index contributed by atoms with van der Waals surface area (Å²) < 4.78 is 5.77. The van der Waals surface area contributed by atoms with Gasteiger partial charge in [-0.05, 0) is 53.6 Å². The van der Waals surface area contributed by atoms with Gasteiger partial charge in [-0.15, -0.1) is 5.10 Å². The first-order valence-corrected chi connectivity index (χ1v) is 14.3. The number of ether oxygens (including phenoxy) is 1. The Morgan fingerprint density at radius 2 is 2.02 bits per heavy atom. The van der Waals surface area contributed by atoms with E-state index in [0.717, 1.165) is 36.2 Å². The van der Waals surface area contributed by atoms with Gasteiger partial charge < -0.3 is 20.4 Å². The monoisotopic (exact) mass is 604 g/mol. The van der Waals surface area contributed by atoms with Gasteiger partial charge in [0.1, 0.15) is 12.2 Å². The molecule has 2 aromatic heterocycles. The van der Waals surface area contributed by atoms with E-state index in [9.17, 15) is 14.4 Å². The molecule has 0 fully saturated rings. The lowest BCUT2D eigenvalue weighted by Crippen LogP contribution is -2.27. The fraction of sp³-hybridized carbons (Fsp3) is 0.300. The predicted octanol–water partition coefficient (Wildman–Crippen LogP) is 5.05. The molecule has 12 nitrogen and oxygen atoms in total. The van der Waals surface area contributed by atoms with Crippen LogP contribution in [0.3, 0.4) is 0 Å². The number of nitrogens with zero attached hydrogens (tertiary/aromatic N) is 5. The van der Waals surface area contributed by atoms with Crippen molar-refractivity contribution in [3.05, 3.63) is 77.5 Å². The molecule has 1 aliphatic rings.